The van der Waals surface area contributed by atoms with Crippen LogP contribution in [0.25, 0.3) is 0 Å². The SMILES string of the molecule is CC(C)Cc1nnc(NCc2ccccc2N2CCOC(C)C2)o1. The second-order valence-electron chi connectivity index (χ2n) is 6.71. The van der Waals surface area contributed by atoms with Crippen LogP contribution in [0.3, 0.4) is 0 Å². The monoisotopic (exact) mass is 330 g/mol. The number of nitrogens with zero attached hydrogens (tertiary/aromatic N) is 3. The van der Waals surface area contributed by atoms with Crippen molar-refractivity contribution in [3.05, 3.63) is 35.7 Å². The molecule has 0 radical (unpaired) electrons. The molecule has 0 saturated carbocycles. The topological polar surface area (TPSA) is 63.4 Å². The molecule has 1 saturated heterocycles. The van der Waals surface area contributed by atoms with Crippen LogP contribution < -0.4 is 10.2 Å². The number of hydrogen-bond acceptors (Lipinski definition) is 6. The Hall–Kier alpha value is -2.08. The van der Waals surface area contributed by atoms with E-state index in [1.807, 2.05) is 0 Å². The van der Waals surface area contributed by atoms with Crippen molar-refractivity contribution >= 4 is 11.7 Å². The number of benzene rings is 1. The van der Waals surface area contributed by atoms with Crippen LogP contribution in [0.4, 0.5) is 11.7 Å². The first-order valence-electron chi connectivity index (χ1n) is 8.62. The molecule has 1 aliphatic heterocycles. The third-order valence-corrected chi connectivity index (χ3v) is 4.05. The van der Waals surface area contributed by atoms with Crippen LogP contribution in [0.5, 0.6) is 0 Å². The first-order valence-corrected chi connectivity index (χ1v) is 8.62. The molecule has 6 nitrogen and oxygen atoms in total. The highest BCUT2D eigenvalue weighted by atomic mass is 16.5. The molecule has 0 aliphatic carbocycles. The van der Waals surface area contributed by atoms with E-state index < -0.39 is 0 Å². The number of anilines is 2. The lowest BCUT2D eigenvalue weighted by molar-refractivity contribution is 0.0532. The van der Waals surface area contributed by atoms with Gasteiger partial charge in [0.2, 0.25) is 5.89 Å². The maximum Gasteiger partial charge on any atom is 0.315 e. The molecule has 3 rings (SSSR count). The van der Waals surface area contributed by atoms with E-state index in [-0.39, 0.29) is 6.10 Å². The third-order valence-electron chi connectivity index (χ3n) is 4.05. The zero-order valence-electron chi connectivity index (χ0n) is 14.7. The molecular weight excluding hydrogens is 304 g/mol. The maximum atomic E-state index is 5.65. The maximum absolute atomic E-state index is 5.65. The van der Waals surface area contributed by atoms with E-state index in [2.05, 4.69) is 65.5 Å². The van der Waals surface area contributed by atoms with Crippen molar-refractivity contribution in [3.63, 3.8) is 0 Å². The Bertz CT molecular complexity index is 656. The molecule has 0 spiro atoms. The van der Waals surface area contributed by atoms with E-state index in [1.165, 1.54) is 11.3 Å². The minimum atomic E-state index is 0.259. The van der Waals surface area contributed by atoms with E-state index in [0.29, 0.717) is 24.4 Å². The van der Waals surface area contributed by atoms with E-state index in [4.69, 9.17) is 9.15 Å². The van der Waals surface area contributed by atoms with Gasteiger partial charge in [0.25, 0.3) is 0 Å². The summed E-state index contributed by atoms with van der Waals surface area (Å²) in [6.45, 7) is 9.64. The molecule has 2 aromatic rings. The number of aromatic nitrogens is 2. The van der Waals surface area contributed by atoms with Crippen molar-refractivity contribution in [1.29, 1.82) is 0 Å². The number of nitrogens with one attached hydrogen (secondary N) is 1. The fourth-order valence-corrected chi connectivity index (χ4v) is 2.93. The molecule has 1 N–H and O–H groups in total. The minimum Gasteiger partial charge on any atom is -0.408 e. The van der Waals surface area contributed by atoms with Gasteiger partial charge < -0.3 is 19.4 Å². The molecule has 1 atom stereocenters. The summed E-state index contributed by atoms with van der Waals surface area (Å²) in [7, 11) is 0. The minimum absolute atomic E-state index is 0.259. The van der Waals surface area contributed by atoms with E-state index in [1.54, 1.807) is 0 Å². The number of rotatable bonds is 6. The molecule has 1 aromatic heterocycles. The van der Waals surface area contributed by atoms with Crippen LogP contribution in [0.15, 0.2) is 28.7 Å². The highest BCUT2D eigenvalue weighted by Crippen LogP contribution is 2.23. The lowest BCUT2D eigenvalue weighted by atomic mass is 10.1. The molecule has 1 unspecified atom stereocenters. The fourth-order valence-electron chi connectivity index (χ4n) is 2.93. The molecule has 1 aliphatic rings. The van der Waals surface area contributed by atoms with Gasteiger partial charge in [-0.15, -0.1) is 5.10 Å². The normalized spacial score (nSPS) is 18.2. The molecule has 0 amide bonds. The third kappa shape index (κ3) is 4.26. The molecule has 24 heavy (non-hydrogen) atoms. The summed E-state index contributed by atoms with van der Waals surface area (Å²) in [5.41, 5.74) is 2.46. The molecular formula is C18H26N4O2. The molecule has 0 bridgehead atoms. The summed E-state index contributed by atoms with van der Waals surface area (Å²) < 4.78 is 11.3. The predicted molar refractivity (Wildman–Crippen MR) is 94.2 cm³/mol. The summed E-state index contributed by atoms with van der Waals surface area (Å²) in [5, 5.41) is 11.4. The summed E-state index contributed by atoms with van der Waals surface area (Å²) in [5.74, 6) is 1.19. The van der Waals surface area contributed by atoms with Crippen LogP contribution in [-0.2, 0) is 17.7 Å². The van der Waals surface area contributed by atoms with E-state index >= 15 is 0 Å². The summed E-state index contributed by atoms with van der Waals surface area (Å²) in [4.78, 5) is 2.38. The molecule has 130 valence electrons. The van der Waals surface area contributed by atoms with Gasteiger partial charge in [0.15, 0.2) is 0 Å². The summed E-state index contributed by atoms with van der Waals surface area (Å²) in [6, 6.07) is 8.91. The smallest absolute Gasteiger partial charge is 0.315 e. The summed E-state index contributed by atoms with van der Waals surface area (Å²) in [6.07, 6.45) is 1.06. The van der Waals surface area contributed by atoms with Gasteiger partial charge in [-0.1, -0.05) is 37.1 Å². The average Bonchev–Trinajstić information content (AvgIpc) is 3.00. The van der Waals surface area contributed by atoms with Crippen LogP contribution in [0.1, 0.15) is 32.2 Å². The highest BCUT2D eigenvalue weighted by Gasteiger charge is 2.19. The van der Waals surface area contributed by atoms with Crippen molar-refractivity contribution in [2.24, 2.45) is 5.92 Å². The first kappa shape index (κ1) is 16.8. The van der Waals surface area contributed by atoms with Gasteiger partial charge >= 0.3 is 6.01 Å². The van der Waals surface area contributed by atoms with Crippen molar-refractivity contribution in [1.82, 2.24) is 10.2 Å². The van der Waals surface area contributed by atoms with Crippen molar-refractivity contribution in [2.45, 2.75) is 39.8 Å². The van der Waals surface area contributed by atoms with Gasteiger partial charge in [-0.3, -0.25) is 0 Å². The zero-order chi connectivity index (χ0) is 16.9. The van der Waals surface area contributed by atoms with Gasteiger partial charge in [-0.2, -0.15) is 0 Å². The number of morpholine rings is 1. The van der Waals surface area contributed by atoms with Crippen molar-refractivity contribution in [3.8, 4) is 0 Å². The first-order chi connectivity index (χ1) is 11.6. The Morgan fingerprint density at radius 1 is 1.29 bits per heavy atom. The van der Waals surface area contributed by atoms with Gasteiger partial charge in [-0.05, 0) is 24.5 Å². The van der Waals surface area contributed by atoms with Gasteiger partial charge in [0.05, 0.1) is 12.7 Å². The number of ether oxygens (including phenoxy) is 1. The fraction of sp³-hybridized carbons (Fsp3) is 0.556. The zero-order valence-corrected chi connectivity index (χ0v) is 14.7. The lowest BCUT2D eigenvalue weighted by Crippen LogP contribution is -2.41. The standard InChI is InChI=1S/C18H26N4O2/c1-13(2)10-17-20-21-18(24-17)19-11-15-6-4-5-7-16(15)22-8-9-23-14(3)12-22/h4-7,13-14H,8-12H2,1-3H3,(H,19,21). The second kappa shape index (κ2) is 7.66. The number of hydrogen-bond donors (Lipinski definition) is 1. The Balaban J connectivity index is 1.66. The van der Waals surface area contributed by atoms with Crippen LogP contribution >= 0.6 is 0 Å². The van der Waals surface area contributed by atoms with Crippen LogP contribution in [0, 0.1) is 5.92 Å². The number of para-hydroxylation sites is 1. The molecule has 2 heterocycles. The Morgan fingerprint density at radius 3 is 2.92 bits per heavy atom. The van der Waals surface area contributed by atoms with Gasteiger partial charge in [0.1, 0.15) is 0 Å². The Labute approximate surface area is 143 Å². The molecule has 1 fully saturated rings. The van der Waals surface area contributed by atoms with E-state index in [0.717, 1.165) is 26.1 Å². The summed E-state index contributed by atoms with van der Waals surface area (Å²) >= 11 is 0. The quantitative estimate of drug-likeness (QED) is 0.878. The average molecular weight is 330 g/mol. The largest absolute Gasteiger partial charge is 0.408 e. The second-order valence-corrected chi connectivity index (χ2v) is 6.71. The van der Waals surface area contributed by atoms with Crippen LogP contribution in [-0.4, -0.2) is 36.0 Å². The Kier molecular flexibility index (Phi) is 5.35. The van der Waals surface area contributed by atoms with E-state index in [9.17, 15) is 0 Å². The van der Waals surface area contributed by atoms with Crippen molar-refractivity contribution < 1.29 is 9.15 Å². The van der Waals surface area contributed by atoms with Crippen LogP contribution in [0.2, 0.25) is 0 Å². The molecule has 1 aromatic carbocycles. The Morgan fingerprint density at radius 2 is 2.12 bits per heavy atom. The highest BCUT2D eigenvalue weighted by molar-refractivity contribution is 5.55. The predicted octanol–water partition coefficient (Wildman–Crippen LogP) is 3.11. The van der Waals surface area contributed by atoms with Gasteiger partial charge in [-0.25, -0.2) is 0 Å². The lowest BCUT2D eigenvalue weighted by Gasteiger charge is -2.34. The van der Waals surface area contributed by atoms with Crippen molar-refractivity contribution in [2.75, 3.05) is 29.9 Å². The van der Waals surface area contributed by atoms with Gasteiger partial charge in [0, 0.05) is 31.7 Å². The molecule has 6 heteroatoms.